The molecule has 0 unspecified atom stereocenters. The molecule has 0 saturated heterocycles. The first-order valence-corrected chi connectivity index (χ1v) is 8.13. The van der Waals surface area contributed by atoms with E-state index in [4.69, 9.17) is 0 Å². The molecule has 0 aliphatic heterocycles. The fourth-order valence-electron chi connectivity index (χ4n) is 3.29. The van der Waals surface area contributed by atoms with E-state index in [1.165, 1.54) is 50.5 Å². The van der Waals surface area contributed by atoms with Gasteiger partial charge in [-0.05, 0) is 30.5 Å². The molecular formula is C18H24N2O. The summed E-state index contributed by atoms with van der Waals surface area (Å²) in [5, 5.41) is 14.7. The summed E-state index contributed by atoms with van der Waals surface area (Å²) in [5.74, 6) is 0.264. The normalized spacial score (nSPS) is 17.5. The van der Waals surface area contributed by atoms with Gasteiger partial charge in [-0.15, -0.1) is 0 Å². The van der Waals surface area contributed by atoms with Gasteiger partial charge in [0, 0.05) is 24.2 Å². The highest BCUT2D eigenvalue weighted by molar-refractivity contribution is 5.87. The van der Waals surface area contributed by atoms with Gasteiger partial charge in [-0.1, -0.05) is 44.2 Å². The zero-order chi connectivity index (χ0) is 14.5. The topological polar surface area (TPSA) is 45.1 Å². The Morgan fingerprint density at radius 3 is 2.62 bits per heavy atom. The molecule has 0 amide bonds. The number of nitrogens with one attached hydrogen (secondary N) is 1. The average Bonchev–Trinajstić information content (AvgIpc) is 2.48. The van der Waals surface area contributed by atoms with E-state index in [0.717, 1.165) is 11.9 Å². The molecule has 3 rings (SSSR count). The highest BCUT2D eigenvalue weighted by Gasteiger charge is 2.12. The summed E-state index contributed by atoms with van der Waals surface area (Å²) in [7, 11) is 0. The minimum Gasteiger partial charge on any atom is -0.506 e. The van der Waals surface area contributed by atoms with Crippen LogP contribution in [0.3, 0.4) is 0 Å². The van der Waals surface area contributed by atoms with E-state index >= 15 is 0 Å². The zero-order valence-electron chi connectivity index (χ0n) is 12.5. The summed E-state index contributed by atoms with van der Waals surface area (Å²) >= 11 is 0. The van der Waals surface area contributed by atoms with E-state index in [-0.39, 0.29) is 5.75 Å². The molecule has 2 aromatic rings. The first kappa shape index (κ1) is 14.3. The molecule has 1 aliphatic carbocycles. The standard InChI is InChI=1S/C18H24N2O/c21-17-11-10-14(16-9-6-12-19-18(16)17)13-20-15-7-4-2-1-3-5-8-15/h6,9-12,15,20-21H,1-5,7-8,13H2. The van der Waals surface area contributed by atoms with Gasteiger partial charge in [0.2, 0.25) is 0 Å². The smallest absolute Gasteiger partial charge is 0.141 e. The van der Waals surface area contributed by atoms with Crippen LogP contribution < -0.4 is 5.32 Å². The molecular weight excluding hydrogens is 260 g/mol. The minimum atomic E-state index is 0.264. The number of phenolic OH excluding ortho intramolecular Hbond substituents is 1. The molecule has 2 N–H and O–H groups in total. The van der Waals surface area contributed by atoms with Crippen LogP contribution in [0.2, 0.25) is 0 Å². The SMILES string of the molecule is Oc1ccc(CNC2CCCCCCC2)c2cccnc12. The summed E-state index contributed by atoms with van der Waals surface area (Å²) in [6, 6.07) is 8.36. The van der Waals surface area contributed by atoms with E-state index in [9.17, 15) is 5.11 Å². The van der Waals surface area contributed by atoms with Gasteiger partial charge < -0.3 is 10.4 Å². The summed E-state index contributed by atoms with van der Waals surface area (Å²) < 4.78 is 0. The summed E-state index contributed by atoms with van der Waals surface area (Å²) in [5.41, 5.74) is 1.92. The number of benzene rings is 1. The molecule has 1 heterocycles. The van der Waals surface area contributed by atoms with Crippen LogP contribution in [-0.4, -0.2) is 16.1 Å². The number of pyridine rings is 1. The molecule has 1 aliphatic rings. The van der Waals surface area contributed by atoms with Crippen LogP contribution >= 0.6 is 0 Å². The zero-order valence-corrected chi connectivity index (χ0v) is 12.5. The third-order valence-corrected chi connectivity index (χ3v) is 4.53. The van der Waals surface area contributed by atoms with Crippen molar-refractivity contribution in [2.24, 2.45) is 0 Å². The molecule has 0 radical (unpaired) electrons. The predicted molar refractivity (Wildman–Crippen MR) is 86.4 cm³/mol. The van der Waals surface area contributed by atoms with Gasteiger partial charge in [-0.25, -0.2) is 0 Å². The second-order valence-electron chi connectivity index (χ2n) is 6.07. The van der Waals surface area contributed by atoms with Crippen molar-refractivity contribution < 1.29 is 5.11 Å². The van der Waals surface area contributed by atoms with Crippen molar-refractivity contribution in [3.05, 3.63) is 36.0 Å². The van der Waals surface area contributed by atoms with E-state index in [1.807, 2.05) is 18.2 Å². The van der Waals surface area contributed by atoms with Crippen LogP contribution in [0, 0.1) is 0 Å². The van der Waals surface area contributed by atoms with E-state index < -0.39 is 0 Å². The van der Waals surface area contributed by atoms with Crippen LogP contribution in [0.15, 0.2) is 30.5 Å². The number of aromatic hydroxyl groups is 1. The number of hydrogen-bond donors (Lipinski definition) is 2. The quantitative estimate of drug-likeness (QED) is 0.890. The number of aromatic nitrogens is 1. The van der Waals surface area contributed by atoms with Crippen LogP contribution in [0.4, 0.5) is 0 Å². The van der Waals surface area contributed by atoms with Crippen LogP contribution in [0.5, 0.6) is 5.75 Å². The highest BCUT2D eigenvalue weighted by Crippen LogP contribution is 2.26. The van der Waals surface area contributed by atoms with Crippen LogP contribution in [-0.2, 0) is 6.54 Å². The molecule has 0 bridgehead atoms. The Balaban J connectivity index is 1.71. The van der Waals surface area contributed by atoms with E-state index in [2.05, 4.69) is 10.3 Å². The molecule has 1 saturated carbocycles. The van der Waals surface area contributed by atoms with Crippen LogP contribution in [0.25, 0.3) is 10.9 Å². The van der Waals surface area contributed by atoms with Crippen molar-refractivity contribution in [3.8, 4) is 5.75 Å². The van der Waals surface area contributed by atoms with Gasteiger partial charge in [0.15, 0.2) is 0 Å². The third kappa shape index (κ3) is 3.53. The fourth-order valence-corrected chi connectivity index (χ4v) is 3.29. The molecule has 1 aromatic heterocycles. The predicted octanol–water partition coefficient (Wildman–Crippen LogP) is 4.14. The molecule has 0 spiro atoms. The van der Waals surface area contributed by atoms with Gasteiger partial charge in [-0.2, -0.15) is 0 Å². The molecule has 3 nitrogen and oxygen atoms in total. The van der Waals surface area contributed by atoms with Gasteiger partial charge in [0.25, 0.3) is 0 Å². The maximum atomic E-state index is 9.90. The van der Waals surface area contributed by atoms with Gasteiger partial charge in [-0.3, -0.25) is 4.98 Å². The first-order chi connectivity index (χ1) is 10.3. The molecule has 21 heavy (non-hydrogen) atoms. The molecule has 1 aromatic carbocycles. The second kappa shape index (κ2) is 6.90. The molecule has 3 heteroatoms. The largest absolute Gasteiger partial charge is 0.506 e. The Morgan fingerprint density at radius 1 is 1.05 bits per heavy atom. The lowest BCUT2D eigenvalue weighted by molar-refractivity contribution is 0.389. The maximum absolute atomic E-state index is 9.90. The first-order valence-electron chi connectivity index (χ1n) is 8.13. The van der Waals surface area contributed by atoms with Crippen molar-refractivity contribution in [1.29, 1.82) is 0 Å². The van der Waals surface area contributed by atoms with Gasteiger partial charge in [0.05, 0.1) is 0 Å². The lowest BCUT2D eigenvalue weighted by atomic mass is 9.96. The Morgan fingerprint density at radius 2 is 1.81 bits per heavy atom. The van der Waals surface area contributed by atoms with Crippen molar-refractivity contribution in [2.45, 2.75) is 57.5 Å². The third-order valence-electron chi connectivity index (χ3n) is 4.53. The summed E-state index contributed by atoms with van der Waals surface area (Å²) in [6.45, 7) is 0.854. The molecule has 0 atom stereocenters. The monoisotopic (exact) mass is 284 g/mol. The Kier molecular flexibility index (Phi) is 4.71. The summed E-state index contributed by atoms with van der Waals surface area (Å²) in [6.07, 6.45) is 11.1. The number of rotatable bonds is 3. The fraction of sp³-hybridized carbons (Fsp3) is 0.500. The maximum Gasteiger partial charge on any atom is 0.141 e. The van der Waals surface area contributed by atoms with Gasteiger partial charge >= 0.3 is 0 Å². The average molecular weight is 284 g/mol. The minimum absolute atomic E-state index is 0.264. The number of hydrogen-bond acceptors (Lipinski definition) is 3. The highest BCUT2D eigenvalue weighted by atomic mass is 16.3. The van der Waals surface area contributed by atoms with E-state index in [0.29, 0.717) is 11.6 Å². The second-order valence-corrected chi connectivity index (χ2v) is 6.07. The van der Waals surface area contributed by atoms with E-state index in [1.54, 1.807) is 12.3 Å². The van der Waals surface area contributed by atoms with Crippen molar-refractivity contribution in [2.75, 3.05) is 0 Å². The Bertz CT molecular complexity index is 589. The Labute approximate surface area is 126 Å². The van der Waals surface area contributed by atoms with Crippen LogP contribution in [0.1, 0.15) is 50.5 Å². The summed E-state index contributed by atoms with van der Waals surface area (Å²) in [4.78, 5) is 4.29. The number of nitrogens with zero attached hydrogens (tertiary/aromatic N) is 1. The van der Waals surface area contributed by atoms with Crippen molar-refractivity contribution in [3.63, 3.8) is 0 Å². The molecule has 1 fully saturated rings. The number of phenols is 1. The Hall–Kier alpha value is -1.61. The lowest BCUT2D eigenvalue weighted by Gasteiger charge is -2.21. The number of fused-ring (bicyclic) bond motifs is 1. The van der Waals surface area contributed by atoms with Crippen molar-refractivity contribution >= 4 is 10.9 Å². The van der Waals surface area contributed by atoms with Crippen molar-refractivity contribution in [1.82, 2.24) is 10.3 Å². The lowest BCUT2D eigenvalue weighted by Crippen LogP contribution is -2.29. The van der Waals surface area contributed by atoms with Gasteiger partial charge in [0.1, 0.15) is 11.3 Å². The molecule has 112 valence electrons.